The molecule has 0 radical (unpaired) electrons. The van der Waals surface area contributed by atoms with E-state index in [2.05, 4.69) is 18.9 Å². The van der Waals surface area contributed by atoms with Gasteiger partial charge in [-0.3, -0.25) is 9.80 Å². The van der Waals surface area contributed by atoms with Crippen LogP contribution in [0.3, 0.4) is 0 Å². The van der Waals surface area contributed by atoms with Gasteiger partial charge in [0.05, 0.1) is 31.0 Å². The molecule has 0 aromatic heterocycles. The molecule has 1 aromatic rings. The Balaban J connectivity index is 2.07. The molecule has 0 bridgehead atoms. The summed E-state index contributed by atoms with van der Waals surface area (Å²) >= 11 is 30.5. The van der Waals surface area contributed by atoms with Gasteiger partial charge in [0.15, 0.2) is 0 Å². The fraction of sp³-hybridized carbons (Fsp3) is 0.600. The van der Waals surface area contributed by atoms with Crippen LogP contribution in [0.15, 0.2) is 5.10 Å². The van der Waals surface area contributed by atoms with Gasteiger partial charge in [-0.15, -0.1) is 0 Å². The van der Waals surface area contributed by atoms with E-state index < -0.39 is 0 Å². The van der Waals surface area contributed by atoms with Crippen molar-refractivity contribution in [1.29, 1.82) is 0 Å². The van der Waals surface area contributed by atoms with Crippen LogP contribution in [0.4, 0.5) is 0 Å². The normalized spacial score (nSPS) is 20.2. The van der Waals surface area contributed by atoms with Crippen LogP contribution >= 0.6 is 58.0 Å². The lowest BCUT2D eigenvalue weighted by Crippen LogP contribution is -2.19. The van der Waals surface area contributed by atoms with E-state index in [-0.39, 0.29) is 54.9 Å². The first-order chi connectivity index (χ1) is 13.6. The van der Waals surface area contributed by atoms with Crippen molar-refractivity contribution in [3.8, 4) is 0 Å². The molecule has 1 saturated carbocycles. The van der Waals surface area contributed by atoms with Crippen LogP contribution in [-0.4, -0.2) is 30.3 Å². The van der Waals surface area contributed by atoms with E-state index in [0.29, 0.717) is 5.56 Å². The number of ether oxygens (including phenoxy) is 1. The molecule has 0 spiro atoms. The molecule has 0 saturated heterocycles. The summed E-state index contributed by atoms with van der Waals surface area (Å²) in [5, 5.41) is 7.10. The smallest absolute Gasteiger partial charge is 0.310 e. The highest BCUT2D eigenvalue weighted by atomic mass is 35.5. The van der Waals surface area contributed by atoms with E-state index in [1.165, 1.54) is 0 Å². The highest BCUT2D eigenvalue weighted by Gasteiger charge is 2.62. The number of rotatable bonds is 9. The Kier molecular flexibility index (Phi) is 8.82. The first kappa shape index (κ1) is 24.9. The molecule has 1 fully saturated rings. The molecule has 0 aliphatic heterocycles. The highest BCUT2D eigenvalue weighted by Crippen LogP contribution is 2.58. The lowest BCUT2D eigenvalue weighted by Gasteiger charge is -2.16. The fourth-order valence-electron chi connectivity index (χ4n) is 3.33. The number of halogens is 5. The van der Waals surface area contributed by atoms with Crippen LogP contribution in [-0.2, 0) is 16.1 Å². The van der Waals surface area contributed by atoms with E-state index in [1.54, 1.807) is 0 Å². The number of carbonyl (C=O) groups is 1. The largest absolute Gasteiger partial charge is 0.460 e. The molecule has 29 heavy (non-hydrogen) atoms. The summed E-state index contributed by atoms with van der Waals surface area (Å²) in [7, 11) is 0. The van der Waals surface area contributed by atoms with E-state index in [0.717, 1.165) is 25.9 Å². The lowest BCUT2D eigenvalue weighted by molar-refractivity contribution is -0.147. The molecule has 0 amide bonds. The lowest BCUT2D eigenvalue weighted by atomic mass is 10.1. The van der Waals surface area contributed by atoms with Crippen molar-refractivity contribution < 1.29 is 9.53 Å². The van der Waals surface area contributed by atoms with Crippen molar-refractivity contribution in [2.45, 2.75) is 47.1 Å². The second-order valence-electron chi connectivity index (χ2n) is 7.70. The van der Waals surface area contributed by atoms with Crippen LogP contribution in [0.25, 0.3) is 0 Å². The number of carbonyl (C=O) groups excluding carboxylic acids is 1. The van der Waals surface area contributed by atoms with Gasteiger partial charge in [0, 0.05) is 30.8 Å². The van der Waals surface area contributed by atoms with E-state index >= 15 is 0 Å². The van der Waals surface area contributed by atoms with Crippen LogP contribution in [0.2, 0.25) is 25.1 Å². The Bertz CT molecular complexity index is 763. The molecular formula is C20H25Cl5N2O2. The number of esters is 1. The second kappa shape index (κ2) is 10.3. The zero-order valence-electron chi connectivity index (χ0n) is 16.9. The molecule has 2 unspecified atom stereocenters. The van der Waals surface area contributed by atoms with Gasteiger partial charge in [0.25, 0.3) is 0 Å². The SMILES string of the molecule is CCCN(CCC)/N=C/C1C(C(=O)OCc2c(Cl)c(Cl)c(Cl)c(Cl)c2Cl)C1(C)C. The van der Waals surface area contributed by atoms with Crippen LogP contribution < -0.4 is 0 Å². The molecular weight excluding hydrogens is 477 g/mol. The summed E-state index contributed by atoms with van der Waals surface area (Å²) in [4.78, 5) is 12.7. The predicted molar refractivity (Wildman–Crippen MR) is 123 cm³/mol. The first-order valence-electron chi connectivity index (χ1n) is 9.53. The number of hydrazone groups is 1. The van der Waals surface area contributed by atoms with Crippen molar-refractivity contribution in [2.75, 3.05) is 13.1 Å². The summed E-state index contributed by atoms with van der Waals surface area (Å²) in [5.41, 5.74) is 0.106. The Morgan fingerprint density at radius 3 is 1.97 bits per heavy atom. The molecule has 1 aromatic carbocycles. The maximum absolute atomic E-state index is 12.7. The second-order valence-corrected chi connectivity index (χ2v) is 9.59. The van der Waals surface area contributed by atoms with Gasteiger partial charge in [-0.2, -0.15) is 5.10 Å². The van der Waals surface area contributed by atoms with Crippen molar-refractivity contribution in [1.82, 2.24) is 5.01 Å². The van der Waals surface area contributed by atoms with Crippen molar-refractivity contribution in [2.24, 2.45) is 22.4 Å². The Hall–Kier alpha value is -0.390. The fourth-order valence-corrected chi connectivity index (χ4v) is 4.61. The van der Waals surface area contributed by atoms with Gasteiger partial charge in [-0.1, -0.05) is 85.7 Å². The van der Waals surface area contributed by atoms with Gasteiger partial charge >= 0.3 is 5.97 Å². The topological polar surface area (TPSA) is 41.9 Å². The molecule has 0 heterocycles. The summed E-state index contributed by atoms with van der Waals surface area (Å²) < 4.78 is 5.49. The molecule has 9 heteroatoms. The Labute approximate surface area is 197 Å². The Morgan fingerprint density at radius 2 is 1.48 bits per heavy atom. The standard InChI is InChI=1S/C20H25Cl5N2O2/c1-5-7-27(8-6-2)26-9-12-13(20(12,3)4)19(28)29-10-11-14(21)16(23)18(25)17(24)15(11)22/h9,12-13H,5-8,10H2,1-4H3/b26-9+. The molecule has 1 aliphatic carbocycles. The van der Waals surface area contributed by atoms with Gasteiger partial charge in [-0.25, -0.2) is 0 Å². The number of hydrogen-bond donors (Lipinski definition) is 0. The van der Waals surface area contributed by atoms with Crippen LogP contribution in [0.5, 0.6) is 0 Å². The Morgan fingerprint density at radius 1 is 1.00 bits per heavy atom. The minimum atomic E-state index is -0.335. The average molecular weight is 503 g/mol. The van der Waals surface area contributed by atoms with Crippen molar-refractivity contribution in [3.05, 3.63) is 30.7 Å². The zero-order valence-corrected chi connectivity index (χ0v) is 20.6. The van der Waals surface area contributed by atoms with Crippen LogP contribution in [0.1, 0.15) is 46.1 Å². The first-order valence-corrected chi connectivity index (χ1v) is 11.4. The van der Waals surface area contributed by atoms with Crippen molar-refractivity contribution in [3.63, 3.8) is 0 Å². The minimum Gasteiger partial charge on any atom is -0.460 e. The van der Waals surface area contributed by atoms with E-state index in [4.69, 9.17) is 62.7 Å². The summed E-state index contributed by atoms with van der Waals surface area (Å²) in [6.07, 6.45) is 3.91. The maximum Gasteiger partial charge on any atom is 0.310 e. The predicted octanol–water partition coefficient (Wildman–Crippen LogP) is 7.38. The summed E-state index contributed by atoms with van der Waals surface area (Å²) in [6, 6.07) is 0. The highest BCUT2D eigenvalue weighted by molar-refractivity contribution is 6.55. The molecule has 1 aliphatic rings. The van der Waals surface area contributed by atoms with Gasteiger partial charge in [0.1, 0.15) is 6.61 Å². The monoisotopic (exact) mass is 500 g/mol. The van der Waals surface area contributed by atoms with Gasteiger partial charge in [-0.05, 0) is 18.3 Å². The molecule has 2 atom stereocenters. The summed E-state index contributed by atoms with van der Waals surface area (Å²) in [5.74, 6) is -0.611. The average Bonchev–Trinajstić information content (AvgIpc) is 3.23. The molecule has 4 nitrogen and oxygen atoms in total. The third-order valence-corrected chi connectivity index (χ3v) is 7.53. The number of benzene rings is 1. The molecule has 162 valence electrons. The minimum absolute atomic E-state index is 0.00884. The maximum atomic E-state index is 12.7. The van der Waals surface area contributed by atoms with E-state index in [1.807, 2.05) is 25.1 Å². The summed E-state index contributed by atoms with van der Waals surface area (Å²) in [6.45, 7) is 9.92. The quantitative estimate of drug-likeness (QED) is 0.116. The van der Waals surface area contributed by atoms with Gasteiger partial charge < -0.3 is 4.74 Å². The number of hydrogen-bond acceptors (Lipinski definition) is 4. The third-order valence-electron chi connectivity index (χ3n) is 5.18. The molecule has 2 rings (SSSR count). The zero-order chi connectivity index (χ0) is 21.9. The number of nitrogens with zero attached hydrogens (tertiary/aromatic N) is 2. The van der Waals surface area contributed by atoms with Crippen LogP contribution in [0, 0.1) is 17.3 Å². The molecule has 0 N–H and O–H groups in total. The van der Waals surface area contributed by atoms with Crippen molar-refractivity contribution >= 4 is 70.2 Å². The van der Waals surface area contributed by atoms with E-state index in [9.17, 15) is 4.79 Å². The van der Waals surface area contributed by atoms with Gasteiger partial charge in [0.2, 0.25) is 0 Å². The third kappa shape index (κ3) is 5.46.